The van der Waals surface area contributed by atoms with E-state index < -0.39 is 5.60 Å². The molecule has 1 aliphatic heterocycles. The summed E-state index contributed by atoms with van der Waals surface area (Å²) < 4.78 is 10.7. The van der Waals surface area contributed by atoms with Crippen LogP contribution in [0.4, 0.5) is 4.79 Å². The van der Waals surface area contributed by atoms with E-state index in [9.17, 15) is 14.4 Å². The van der Waals surface area contributed by atoms with E-state index in [0.29, 0.717) is 25.9 Å². The van der Waals surface area contributed by atoms with Gasteiger partial charge in [0.15, 0.2) is 6.61 Å². The van der Waals surface area contributed by atoms with Crippen LogP contribution in [-0.4, -0.2) is 60.1 Å². The number of ether oxygens (including phenoxy) is 2. The van der Waals surface area contributed by atoms with E-state index in [4.69, 9.17) is 9.47 Å². The number of rotatable bonds is 4. The van der Waals surface area contributed by atoms with Gasteiger partial charge in [0.05, 0.1) is 12.0 Å². The molecule has 1 aromatic rings. The lowest BCUT2D eigenvalue weighted by Gasteiger charge is -2.34. The average Bonchev–Trinajstić information content (AvgIpc) is 2.75. The molecule has 1 heterocycles. The molecule has 0 spiro atoms. The predicted octanol–water partition coefficient (Wildman–Crippen LogP) is 3.71. The van der Waals surface area contributed by atoms with Gasteiger partial charge >= 0.3 is 12.1 Å². The Morgan fingerprint density at radius 1 is 1.10 bits per heavy atom. The standard InChI is InChI=1S/C24H34N2O5/c1-24(2,3)31-23(29)26-14-12-18(13-15-26)22(28)30-16-21(27)25(4)20-11-7-9-17-8-5-6-10-19(17)20/h5-6,8,10,18,20H,7,9,11-16H2,1-4H3/t20-/m0/s1. The predicted molar refractivity (Wildman–Crippen MR) is 116 cm³/mol. The third-order valence-corrected chi connectivity index (χ3v) is 6.02. The van der Waals surface area contributed by atoms with Gasteiger partial charge in [-0.2, -0.15) is 0 Å². The van der Waals surface area contributed by atoms with Crippen LogP contribution in [0.25, 0.3) is 0 Å². The van der Waals surface area contributed by atoms with Crippen LogP contribution in [0, 0.1) is 5.92 Å². The summed E-state index contributed by atoms with van der Waals surface area (Å²) in [4.78, 5) is 40.7. The molecule has 1 aliphatic carbocycles. The molecule has 2 amide bonds. The van der Waals surface area contributed by atoms with Crippen molar-refractivity contribution in [3.05, 3.63) is 35.4 Å². The molecule has 31 heavy (non-hydrogen) atoms. The van der Waals surface area contributed by atoms with E-state index in [1.165, 1.54) is 11.1 Å². The number of amides is 2. The molecule has 0 bridgehead atoms. The average molecular weight is 431 g/mol. The van der Waals surface area contributed by atoms with Gasteiger partial charge in [0.2, 0.25) is 0 Å². The second kappa shape index (κ2) is 9.71. The zero-order chi connectivity index (χ0) is 22.6. The van der Waals surface area contributed by atoms with Crippen LogP contribution in [0.1, 0.15) is 63.6 Å². The Bertz CT molecular complexity index is 808. The number of nitrogens with zero attached hydrogens (tertiary/aromatic N) is 2. The first-order chi connectivity index (χ1) is 14.7. The maximum atomic E-state index is 12.7. The number of likely N-dealkylation sites (N-methyl/N-ethyl adjacent to an activating group) is 1. The minimum Gasteiger partial charge on any atom is -0.455 e. The highest BCUT2D eigenvalue weighted by Crippen LogP contribution is 2.33. The Morgan fingerprint density at radius 2 is 1.77 bits per heavy atom. The Labute approximate surface area is 184 Å². The highest BCUT2D eigenvalue weighted by Gasteiger charge is 2.32. The van der Waals surface area contributed by atoms with Crippen molar-refractivity contribution in [3.8, 4) is 0 Å². The van der Waals surface area contributed by atoms with E-state index in [1.807, 2.05) is 32.9 Å². The first kappa shape index (κ1) is 23.1. The lowest BCUT2D eigenvalue weighted by Crippen LogP contribution is -2.43. The van der Waals surface area contributed by atoms with Crippen molar-refractivity contribution in [1.29, 1.82) is 0 Å². The molecule has 2 aliphatic rings. The molecule has 3 rings (SSSR count). The zero-order valence-electron chi connectivity index (χ0n) is 19.1. The second-order valence-electron chi connectivity index (χ2n) is 9.46. The number of carbonyl (C=O) groups is 3. The summed E-state index contributed by atoms with van der Waals surface area (Å²) in [7, 11) is 1.78. The van der Waals surface area contributed by atoms with E-state index in [2.05, 4.69) is 12.1 Å². The van der Waals surface area contributed by atoms with Gasteiger partial charge in [-0.05, 0) is 64.0 Å². The summed E-state index contributed by atoms with van der Waals surface area (Å²) in [5.41, 5.74) is 1.93. The third kappa shape index (κ3) is 5.99. The lowest BCUT2D eigenvalue weighted by molar-refractivity contribution is -0.157. The monoisotopic (exact) mass is 430 g/mol. The van der Waals surface area contributed by atoms with Crippen LogP contribution in [0.2, 0.25) is 0 Å². The molecule has 0 aromatic heterocycles. The second-order valence-corrected chi connectivity index (χ2v) is 9.46. The van der Waals surface area contributed by atoms with Gasteiger partial charge in [0.25, 0.3) is 5.91 Å². The van der Waals surface area contributed by atoms with Gasteiger partial charge < -0.3 is 19.3 Å². The summed E-state index contributed by atoms with van der Waals surface area (Å²) in [6, 6.07) is 8.24. The van der Waals surface area contributed by atoms with E-state index in [1.54, 1.807) is 16.8 Å². The number of hydrogen-bond acceptors (Lipinski definition) is 5. The molecule has 0 radical (unpaired) electrons. The van der Waals surface area contributed by atoms with Gasteiger partial charge in [0.1, 0.15) is 5.60 Å². The van der Waals surface area contributed by atoms with Crippen LogP contribution in [0.15, 0.2) is 24.3 Å². The molecule has 170 valence electrons. The highest BCUT2D eigenvalue weighted by molar-refractivity contribution is 5.81. The van der Waals surface area contributed by atoms with Gasteiger partial charge in [0, 0.05) is 20.1 Å². The SMILES string of the molecule is CN(C(=O)COC(=O)C1CCN(C(=O)OC(C)(C)C)CC1)[C@H]1CCCc2ccccc21. The number of benzene rings is 1. The molecular weight excluding hydrogens is 396 g/mol. The Kier molecular flexibility index (Phi) is 7.23. The van der Waals surface area contributed by atoms with Gasteiger partial charge in [-0.1, -0.05) is 24.3 Å². The van der Waals surface area contributed by atoms with E-state index in [-0.39, 0.29) is 36.5 Å². The fourth-order valence-electron chi connectivity index (χ4n) is 4.28. The van der Waals surface area contributed by atoms with Crippen molar-refractivity contribution in [2.75, 3.05) is 26.7 Å². The first-order valence-corrected chi connectivity index (χ1v) is 11.1. The van der Waals surface area contributed by atoms with E-state index in [0.717, 1.165) is 19.3 Å². The molecule has 0 N–H and O–H groups in total. The fourth-order valence-corrected chi connectivity index (χ4v) is 4.28. The summed E-state index contributed by atoms with van der Waals surface area (Å²) in [6.45, 7) is 6.13. The number of likely N-dealkylation sites (tertiary alicyclic amines) is 1. The number of esters is 1. The number of fused-ring (bicyclic) bond motifs is 1. The van der Waals surface area contributed by atoms with Crippen LogP contribution in [0.5, 0.6) is 0 Å². The highest BCUT2D eigenvalue weighted by atomic mass is 16.6. The number of hydrogen-bond donors (Lipinski definition) is 0. The summed E-state index contributed by atoms with van der Waals surface area (Å²) in [6.07, 6.45) is 3.65. The smallest absolute Gasteiger partial charge is 0.410 e. The molecule has 1 fully saturated rings. The largest absolute Gasteiger partial charge is 0.455 e. The topological polar surface area (TPSA) is 76.2 Å². The first-order valence-electron chi connectivity index (χ1n) is 11.1. The number of aryl methyl sites for hydroxylation is 1. The maximum Gasteiger partial charge on any atom is 0.410 e. The Morgan fingerprint density at radius 3 is 2.45 bits per heavy atom. The molecule has 0 unspecified atom stereocenters. The van der Waals surface area contributed by atoms with Crippen molar-refractivity contribution in [2.24, 2.45) is 5.92 Å². The molecule has 7 nitrogen and oxygen atoms in total. The fraction of sp³-hybridized carbons (Fsp3) is 0.625. The van der Waals surface area contributed by atoms with E-state index >= 15 is 0 Å². The van der Waals surface area contributed by atoms with Gasteiger partial charge in [-0.3, -0.25) is 9.59 Å². The third-order valence-electron chi connectivity index (χ3n) is 6.02. The molecule has 1 atom stereocenters. The number of carbonyl (C=O) groups excluding carboxylic acids is 3. The van der Waals surface area contributed by atoms with Crippen LogP contribution >= 0.6 is 0 Å². The quantitative estimate of drug-likeness (QED) is 0.681. The molecular formula is C24H34N2O5. The number of piperidine rings is 1. The van der Waals surface area contributed by atoms with Gasteiger partial charge in [-0.25, -0.2) is 4.79 Å². The van der Waals surface area contributed by atoms with Crippen LogP contribution in [-0.2, 0) is 25.5 Å². The normalized spacial score (nSPS) is 19.4. The molecule has 0 saturated carbocycles. The van der Waals surface area contributed by atoms with Crippen molar-refractivity contribution in [2.45, 2.75) is 64.5 Å². The molecule has 7 heteroatoms. The summed E-state index contributed by atoms with van der Waals surface area (Å²) in [5, 5.41) is 0. The van der Waals surface area contributed by atoms with Crippen molar-refractivity contribution < 1.29 is 23.9 Å². The van der Waals surface area contributed by atoms with Crippen molar-refractivity contribution in [1.82, 2.24) is 9.80 Å². The van der Waals surface area contributed by atoms with Crippen molar-refractivity contribution in [3.63, 3.8) is 0 Å². The van der Waals surface area contributed by atoms with Crippen molar-refractivity contribution >= 4 is 18.0 Å². The molecule has 1 saturated heterocycles. The van der Waals surface area contributed by atoms with Crippen LogP contribution in [0.3, 0.4) is 0 Å². The molecule has 1 aromatic carbocycles. The summed E-state index contributed by atoms with van der Waals surface area (Å²) in [5.74, 6) is -0.858. The minimum atomic E-state index is -0.544. The van der Waals surface area contributed by atoms with Crippen LogP contribution < -0.4 is 0 Å². The minimum absolute atomic E-state index is 0.0215. The zero-order valence-corrected chi connectivity index (χ0v) is 19.1. The lowest BCUT2D eigenvalue weighted by atomic mass is 9.87. The summed E-state index contributed by atoms with van der Waals surface area (Å²) >= 11 is 0. The maximum absolute atomic E-state index is 12.7. The Hall–Kier alpha value is -2.57. The van der Waals surface area contributed by atoms with Gasteiger partial charge in [-0.15, -0.1) is 0 Å². The Balaban J connectivity index is 1.46.